The highest BCUT2D eigenvalue weighted by Gasteiger charge is 2.22. The summed E-state index contributed by atoms with van der Waals surface area (Å²) in [5.41, 5.74) is 6.75. The standard InChI is InChI=1S/C15H22BrFN2O/c1-19(6-7-20-10-11-2-3-11)15(9-18)13-8-12(17)4-5-14(13)16/h4-5,8,11,15H,2-3,6-7,9-10,18H2,1H3. The van der Waals surface area contributed by atoms with E-state index in [9.17, 15) is 4.39 Å². The Morgan fingerprint density at radius 1 is 1.50 bits per heavy atom. The summed E-state index contributed by atoms with van der Waals surface area (Å²) in [5.74, 6) is 0.544. The molecule has 2 rings (SSSR count). The van der Waals surface area contributed by atoms with Gasteiger partial charge in [-0.1, -0.05) is 15.9 Å². The molecule has 3 nitrogen and oxygen atoms in total. The van der Waals surface area contributed by atoms with Crippen molar-refractivity contribution in [3.63, 3.8) is 0 Å². The third-order valence-corrected chi connectivity index (χ3v) is 4.43. The molecule has 0 amide bonds. The van der Waals surface area contributed by atoms with Crippen molar-refractivity contribution in [2.45, 2.75) is 18.9 Å². The van der Waals surface area contributed by atoms with Crippen LogP contribution in [0.2, 0.25) is 0 Å². The van der Waals surface area contributed by atoms with E-state index in [-0.39, 0.29) is 11.9 Å². The molecule has 20 heavy (non-hydrogen) atoms. The van der Waals surface area contributed by atoms with Gasteiger partial charge in [0, 0.05) is 30.2 Å². The van der Waals surface area contributed by atoms with Crippen LogP contribution in [-0.2, 0) is 4.74 Å². The van der Waals surface area contributed by atoms with Crippen molar-refractivity contribution in [1.82, 2.24) is 4.90 Å². The molecule has 0 heterocycles. The third-order valence-electron chi connectivity index (χ3n) is 3.71. The zero-order valence-electron chi connectivity index (χ0n) is 11.8. The van der Waals surface area contributed by atoms with Crippen LogP contribution in [-0.4, -0.2) is 38.3 Å². The first kappa shape index (κ1) is 15.9. The number of nitrogens with two attached hydrogens (primary N) is 1. The van der Waals surface area contributed by atoms with Gasteiger partial charge in [-0.15, -0.1) is 0 Å². The molecule has 112 valence electrons. The maximum Gasteiger partial charge on any atom is 0.123 e. The van der Waals surface area contributed by atoms with Gasteiger partial charge >= 0.3 is 0 Å². The Kier molecular flexibility index (Phi) is 5.96. The Morgan fingerprint density at radius 2 is 2.25 bits per heavy atom. The fourth-order valence-corrected chi connectivity index (χ4v) is 2.72. The van der Waals surface area contributed by atoms with Gasteiger partial charge in [-0.2, -0.15) is 0 Å². The molecule has 1 unspecified atom stereocenters. The number of ether oxygens (including phenoxy) is 1. The Balaban J connectivity index is 1.89. The Hall–Kier alpha value is -0.490. The molecule has 1 aliphatic rings. The number of rotatable bonds is 8. The van der Waals surface area contributed by atoms with E-state index in [0.29, 0.717) is 13.2 Å². The molecule has 0 aromatic heterocycles. The highest BCUT2D eigenvalue weighted by molar-refractivity contribution is 9.10. The lowest BCUT2D eigenvalue weighted by molar-refractivity contribution is 0.0921. The average Bonchev–Trinajstić information content (AvgIpc) is 3.24. The minimum Gasteiger partial charge on any atom is -0.380 e. The molecular formula is C15H22BrFN2O. The molecule has 0 saturated heterocycles. The number of halogens is 2. The predicted molar refractivity (Wildman–Crippen MR) is 82.1 cm³/mol. The second kappa shape index (κ2) is 7.50. The van der Waals surface area contributed by atoms with Gasteiger partial charge < -0.3 is 10.5 Å². The van der Waals surface area contributed by atoms with Crippen LogP contribution in [0.5, 0.6) is 0 Å². The summed E-state index contributed by atoms with van der Waals surface area (Å²) in [5, 5.41) is 0. The molecule has 1 aromatic carbocycles. The van der Waals surface area contributed by atoms with Crippen molar-refractivity contribution in [3.05, 3.63) is 34.1 Å². The fraction of sp³-hybridized carbons (Fsp3) is 0.600. The van der Waals surface area contributed by atoms with Crippen LogP contribution in [0.4, 0.5) is 4.39 Å². The molecule has 1 atom stereocenters. The molecule has 2 N–H and O–H groups in total. The van der Waals surface area contributed by atoms with Gasteiger partial charge in [0.1, 0.15) is 5.82 Å². The van der Waals surface area contributed by atoms with Crippen LogP contribution in [0.1, 0.15) is 24.4 Å². The van der Waals surface area contributed by atoms with Crippen LogP contribution in [0.3, 0.4) is 0 Å². The largest absolute Gasteiger partial charge is 0.380 e. The van der Waals surface area contributed by atoms with Crippen LogP contribution in [0.15, 0.2) is 22.7 Å². The second-order valence-electron chi connectivity index (χ2n) is 5.42. The molecule has 0 aliphatic heterocycles. The normalized spacial score (nSPS) is 16.6. The smallest absolute Gasteiger partial charge is 0.123 e. The van der Waals surface area contributed by atoms with E-state index in [1.54, 1.807) is 12.1 Å². The summed E-state index contributed by atoms with van der Waals surface area (Å²) in [6.07, 6.45) is 2.61. The van der Waals surface area contributed by atoms with E-state index < -0.39 is 0 Å². The zero-order chi connectivity index (χ0) is 14.5. The Morgan fingerprint density at radius 3 is 2.90 bits per heavy atom. The predicted octanol–water partition coefficient (Wildman–Crippen LogP) is 2.95. The number of likely N-dealkylation sites (N-methyl/N-ethyl adjacent to an activating group) is 1. The second-order valence-corrected chi connectivity index (χ2v) is 6.27. The average molecular weight is 345 g/mol. The van der Waals surface area contributed by atoms with Gasteiger partial charge in [0.2, 0.25) is 0 Å². The first-order valence-electron chi connectivity index (χ1n) is 7.04. The van der Waals surface area contributed by atoms with Crippen molar-refractivity contribution in [2.24, 2.45) is 11.7 Å². The third kappa shape index (κ3) is 4.52. The number of nitrogens with zero attached hydrogens (tertiary/aromatic N) is 1. The topological polar surface area (TPSA) is 38.5 Å². The van der Waals surface area contributed by atoms with Crippen LogP contribution in [0.25, 0.3) is 0 Å². The SMILES string of the molecule is CN(CCOCC1CC1)C(CN)c1cc(F)ccc1Br. The van der Waals surface area contributed by atoms with Crippen molar-refractivity contribution < 1.29 is 9.13 Å². The maximum atomic E-state index is 13.4. The molecular weight excluding hydrogens is 323 g/mol. The monoisotopic (exact) mass is 344 g/mol. The van der Waals surface area contributed by atoms with Crippen LogP contribution >= 0.6 is 15.9 Å². The lowest BCUT2D eigenvalue weighted by Gasteiger charge is -2.28. The molecule has 1 fully saturated rings. The molecule has 0 spiro atoms. The Labute approximate surface area is 128 Å². The lowest BCUT2D eigenvalue weighted by Crippen LogP contribution is -2.33. The first-order chi connectivity index (χ1) is 9.61. The summed E-state index contributed by atoms with van der Waals surface area (Å²) in [4.78, 5) is 2.12. The van der Waals surface area contributed by atoms with Gasteiger partial charge in [0.15, 0.2) is 0 Å². The molecule has 1 saturated carbocycles. The molecule has 0 bridgehead atoms. The molecule has 5 heteroatoms. The van der Waals surface area contributed by atoms with Crippen molar-refractivity contribution >= 4 is 15.9 Å². The molecule has 1 aromatic rings. The van der Waals surface area contributed by atoms with E-state index in [0.717, 1.165) is 29.1 Å². The van der Waals surface area contributed by atoms with E-state index >= 15 is 0 Å². The minimum atomic E-state index is -0.236. The number of hydrogen-bond donors (Lipinski definition) is 1. The summed E-state index contributed by atoms with van der Waals surface area (Å²) < 4.78 is 19.9. The summed E-state index contributed by atoms with van der Waals surface area (Å²) >= 11 is 3.47. The van der Waals surface area contributed by atoms with Crippen molar-refractivity contribution in [2.75, 3.05) is 33.4 Å². The van der Waals surface area contributed by atoms with E-state index in [1.807, 2.05) is 7.05 Å². The van der Waals surface area contributed by atoms with Gasteiger partial charge in [-0.25, -0.2) is 4.39 Å². The van der Waals surface area contributed by atoms with Crippen molar-refractivity contribution in [3.8, 4) is 0 Å². The first-order valence-corrected chi connectivity index (χ1v) is 7.84. The number of hydrogen-bond acceptors (Lipinski definition) is 3. The highest BCUT2D eigenvalue weighted by Crippen LogP contribution is 2.29. The van der Waals surface area contributed by atoms with E-state index in [4.69, 9.17) is 10.5 Å². The quantitative estimate of drug-likeness (QED) is 0.737. The summed E-state index contributed by atoms with van der Waals surface area (Å²) in [6.45, 7) is 2.79. The van der Waals surface area contributed by atoms with Crippen molar-refractivity contribution in [1.29, 1.82) is 0 Å². The maximum absolute atomic E-state index is 13.4. The van der Waals surface area contributed by atoms with E-state index in [1.165, 1.54) is 18.9 Å². The summed E-state index contributed by atoms with van der Waals surface area (Å²) in [7, 11) is 2.00. The highest BCUT2D eigenvalue weighted by atomic mass is 79.9. The van der Waals surface area contributed by atoms with Gasteiger partial charge in [-0.05, 0) is 49.6 Å². The van der Waals surface area contributed by atoms with Gasteiger partial charge in [0.05, 0.1) is 6.61 Å². The lowest BCUT2D eigenvalue weighted by atomic mass is 10.1. The van der Waals surface area contributed by atoms with E-state index in [2.05, 4.69) is 20.8 Å². The minimum absolute atomic E-state index is 0.00963. The Bertz CT molecular complexity index is 440. The molecule has 1 aliphatic carbocycles. The van der Waals surface area contributed by atoms with Gasteiger partial charge in [0.25, 0.3) is 0 Å². The van der Waals surface area contributed by atoms with Crippen LogP contribution in [0, 0.1) is 11.7 Å². The number of benzene rings is 1. The van der Waals surface area contributed by atoms with Crippen LogP contribution < -0.4 is 5.73 Å². The van der Waals surface area contributed by atoms with Gasteiger partial charge in [-0.3, -0.25) is 4.90 Å². The summed E-state index contributed by atoms with van der Waals surface area (Å²) in [6, 6.07) is 4.71. The zero-order valence-corrected chi connectivity index (χ0v) is 13.4. The molecule has 0 radical (unpaired) electrons. The fourth-order valence-electron chi connectivity index (χ4n) is 2.21.